The molecule has 0 spiro atoms. The minimum Gasteiger partial charge on any atom is -0.445 e. The van der Waals surface area contributed by atoms with Crippen LogP contribution in [0.2, 0.25) is 0 Å². The minimum absolute atomic E-state index is 0.00518. The van der Waals surface area contributed by atoms with Crippen molar-refractivity contribution in [3.63, 3.8) is 0 Å². The number of carbonyl (C=O) groups excluding carboxylic acids is 3. The van der Waals surface area contributed by atoms with E-state index >= 15 is 0 Å². The second kappa shape index (κ2) is 13.1. The van der Waals surface area contributed by atoms with E-state index in [-0.39, 0.29) is 18.4 Å². The van der Waals surface area contributed by atoms with Gasteiger partial charge in [0, 0.05) is 42.7 Å². The Morgan fingerprint density at radius 2 is 1.75 bits per heavy atom. The lowest BCUT2D eigenvalue weighted by molar-refractivity contribution is -0.120. The lowest BCUT2D eigenvalue weighted by Gasteiger charge is -2.36. The molecule has 1 N–H and O–H groups in total. The van der Waals surface area contributed by atoms with Crippen molar-refractivity contribution in [2.45, 2.75) is 51.7 Å². The first-order chi connectivity index (χ1) is 19.5. The summed E-state index contributed by atoms with van der Waals surface area (Å²) in [5.41, 5.74) is 3.11. The van der Waals surface area contributed by atoms with E-state index in [0.717, 1.165) is 43.5 Å². The number of anilines is 1. The Morgan fingerprint density at radius 1 is 1.00 bits per heavy atom. The van der Waals surface area contributed by atoms with Gasteiger partial charge >= 0.3 is 6.09 Å². The predicted octanol–water partition coefficient (Wildman–Crippen LogP) is 5.41. The normalized spacial score (nSPS) is 17.4. The Morgan fingerprint density at radius 3 is 2.48 bits per heavy atom. The van der Waals surface area contributed by atoms with Crippen LogP contribution in [0.1, 0.15) is 54.9 Å². The maximum Gasteiger partial charge on any atom is 0.410 e. The highest BCUT2D eigenvalue weighted by Crippen LogP contribution is 2.27. The summed E-state index contributed by atoms with van der Waals surface area (Å²) >= 11 is 1.33. The van der Waals surface area contributed by atoms with Crippen LogP contribution in [0, 0.1) is 0 Å². The average molecular weight is 562 g/mol. The van der Waals surface area contributed by atoms with Gasteiger partial charge in [-0.2, -0.15) is 0 Å². The van der Waals surface area contributed by atoms with Crippen molar-refractivity contribution in [2.75, 3.05) is 31.5 Å². The number of rotatable bonds is 8. The largest absolute Gasteiger partial charge is 0.445 e. The molecular weight excluding hydrogens is 526 g/mol. The zero-order valence-electron chi connectivity index (χ0n) is 22.8. The van der Waals surface area contributed by atoms with Gasteiger partial charge in [0.15, 0.2) is 5.13 Å². The molecule has 0 aliphatic carbocycles. The summed E-state index contributed by atoms with van der Waals surface area (Å²) in [7, 11) is 0. The van der Waals surface area contributed by atoms with E-state index in [4.69, 9.17) is 4.74 Å². The maximum absolute atomic E-state index is 13.1. The van der Waals surface area contributed by atoms with Gasteiger partial charge in [0.2, 0.25) is 5.91 Å². The van der Waals surface area contributed by atoms with E-state index in [2.05, 4.69) is 15.3 Å². The third-order valence-electron chi connectivity index (χ3n) is 7.36. The number of likely N-dealkylation sites (tertiary alicyclic amines) is 1. The molecule has 1 aromatic heterocycles. The summed E-state index contributed by atoms with van der Waals surface area (Å²) in [6.07, 6.45) is 4.27. The number of nitrogens with one attached hydrogen (secondary N) is 1. The van der Waals surface area contributed by atoms with Crippen LogP contribution in [-0.2, 0) is 16.1 Å². The van der Waals surface area contributed by atoms with Crippen LogP contribution < -0.4 is 5.32 Å². The number of aromatic nitrogens is 1. The van der Waals surface area contributed by atoms with Crippen molar-refractivity contribution in [1.82, 2.24) is 19.9 Å². The molecule has 9 nitrogen and oxygen atoms in total. The fraction of sp³-hybridized carbons (Fsp3) is 0.400. The Bertz CT molecular complexity index is 1310. The fourth-order valence-electron chi connectivity index (χ4n) is 5.24. The lowest BCUT2D eigenvalue weighted by Crippen LogP contribution is -2.48. The molecule has 2 aliphatic rings. The zero-order valence-corrected chi connectivity index (χ0v) is 23.6. The molecule has 2 aliphatic heterocycles. The van der Waals surface area contributed by atoms with Crippen LogP contribution in [0.3, 0.4) is 0 Å². The van der Waals surface area contributed by atoms with Gasteiger partial charge in [-0.25, -0.2) is 14.8 Å². The molecule has 3 aromatic rings. The van der Waals surface area contributed by atoms with E-state index in [1.54, 1.807) is 0 Å². The fourth-order valence-corrected chi connectivity index (χ4v) is 5.96. The van der Waals surface area contributed by atoms with Crippen molar-refractivity contribution >= 4 is 34.4 Å². The Hall–Kier alpha value is -3.76. The third kappa shape index (κ3) is 6.51. The highest BCUT2D eigenvalue weighted by molar-refractivity contribution is 7.14. The van der Waals surface area contributed by atoms with E-state index in [9.17, 15) is 14.4 Å². The van der Waals surface area contributed by atoms with Crippen LogP contribution in [0.25, 0.3) is 11.3 Å². The average Bonchev–Trinajstić information content (AvgIpc) is 3.68. The second-order valence-corrected chi connectivity index (χ2v) is 10.9. The first kappa shape index (κ1) is 27.8. The van der Waals surface area contributed by atoms with Gasteiger partial charge in [-0.1, -0.05) is 48.9 Å². The van der Waals surface area contributed by atoms with Crippen molar-refractivity contribution in [3.05, 3.63) is 71.1 Å². The number of nitrogens with zero attached hydrogens (tertiary/aromatic N) is 4. The molecule has 1 unspecified atom stereocenters. The molecule has 0 radical (unpaired) electrons. The number of hydrogen-bond acceptors (Lipinski definition) is 7. The van der Waals surface area contributed by atoms with Crippen LogP contribution in [0.4, 0.5) is 9.93 Å². The highest BCUT2D eigenvalue weighted by atomic mass is 32.1. The number of hydrazine groups is 1. The Labute approximate surface area is 238 Å². The van der Waals surface area contributed by atoms with Gasteiger partial charge < -0.3 is 10.1 Å². The predicted molar refractivity (Wildman–Crippen MR) is 155 cm³/mol. The molecule has 3 heterocycles. The van der Waals surface area contributed by atoms with E-state index in [0.29, 0.717) is 35.9 Å². The molecule has 2 saturated heterocycles. The minimum atomic E-state index is -0.595. The molecular formula is C30H35N5O4S. The molecule has 0 saturated carbocycles. The SMILES string of the molecule is CCN(C(=O)c1ccc(-c2csc(NC(=O)C3CCCN3C(=O)OCc3ccccc3)n2)cc1)N1CCCCC1. The summed E-state index contributed by atoms with van der Waals surface area (Å²) in [4.78, 5) is 45.0. The molecule has 2 aromatic carbocycles. The summed E-state index contributed by atoms with van der Waals surface area (Å²) in [5.74, 6) is -0.265. The van der Waals surface area contributed by atoms with Crippen LogP contribution in [-0.4, -0.2) is 70.0 Å². The zero-order chi connectivity index (χ0) is 27.9. The van der Waals surface area contributed by atoms with Gasteiger partial charge in [-0.3, -0.25) is 19.5 Å². The maximum atomic E-state index is 13.1. The highest BCUT2D eigenvalue weighted by Gasteiger charge is 2.35. The Balaban J connectivity index is 1.18. The van der Waals surface area contributed by atoms with Gasteiger partial charge in [-0.05, 0) is 50.3 Å². The quantitative estimate of drug-likeness (QED) is 0.395. The third-order valence-corrected chi connectivity index (χ3v) is 8.12. The summed E-state index contributed by atoms with van der Waals surface area (Å²) in [5, 5.41) is 9.21. The standard InChI is InChI=1S/C30H35N5O4S/c1-2-35(33-17-7-4-8-18-33)28(37)24-15-13-23(14-16-24)25-21-40-29(31-25)32-27(36)26-12-9-19-34(26)30(38)39-20-22-10-5-3-6-11-22/h3,5-6,10-11,13-16,21,26H,2,4,7-9,12,17-20H2,1H3,(H,31,32,36). The van der Waals surface area contributed by atoms with E-state index < -0.39 is 12.1 Å². The number of carbonyl (C=O) groups is 3. The van der Waals surface area contributed by atoms with Crippen LogP contribution in [0.15, 0.2) is 60.0 Å². The second-order valence-electron chi connectivity index (χ2n) is 10.0. The van der Waals surface area contributed by atoms with E-state index in [1.807, 2.05) is 71.9 Å². The number of piperidine rings is 1. The van der Waals surface area contributed by atoms with Crippen LogP contribution >= 0.6 is 11.3 Å². The first-order valence-electron chi connectivity index (χ1n) is 13.9. The van der Waals surface area contributed by atoms with Crippen molar-refractivity contribution in [1.29, 1.82) is 0 Å². The van der Waals surface area contributed by atoms with Gasteiger partial charge in [-0.15, -0.1) is 11.3 Å². The topological polar surface area (TPSA) is 95.1 Å². The van der Waals surface area contributed by atoms with Gasteiger partial charge in [0.1, 0.15) is 12.6 Å². The lowest BCUT2D eigenvalue weighted by atomic mass is 10.1. The smallest absolute Gasteiger partial charge is 0.410 e. The van der Waals surface area contributed by atoms with Crippen molar-refractivity contribution in [2.24, 2.45) is 0 Å². The Kier molecular flexibility index (Phi) is 9.08. The van der Waals surface area contributed by atoms with Crippen molar-refractivity contribution < 1.29 is 19.1 Å². The molecule has 10 heteroatoms. The van der Waals surface area contributed by atoms with Crippen LogP contribution in [0.5, 0.6) is 0 Å². The van der Waals surface area contributed by atoms with Gasteiger partial charge in [0.25, 0.3) is 5.91 Å². The number of thiazole rings is 1. The number of benzene rings is 2. The molecule has 5 rings (SSSR count). The molecule has 210 valence electrons. The molecule has 40 heavy (non-hydrogen) atoms. The van der Waals surface area contributed by atoms with E-state index in [1.165, 1.54) is 22.7 Å². The number of hydrogen-bond donors (Lipinski definition) is 1. The molecule has 2 fully saturated rings. The monoisotopic (exact) mass is 561 g/mol. The first-order valence-corrected chi connectivity index (χ1v) is 14.8. The summed E-state index contributed by atoms with van der Waals surface area (Å²) < 4.78 is 5.45. The number of amides is 3. The molecule has 0 bridgehead atoms. The van der Waals surface area contributed by atoms with Gasteiger partial charge in [0.05, 0.1) is 5.69 Å². The molecule has 1 atom stereocenters. The molecule has 3 amide bonds. The van der Waals surface area contributed by atoms with Crippen molar-refractivity contribution in [3.8, 4) is 11.3 Å². The summed E-state index contributed by atoms with van der Waals surface area (Å²) in [6.45, 7) is 5.12. The summed E-state index contributed by atoms with van der Waals surface area (Å²) in [6, 6.07) is 16.3. The number of ether oxygens (including phenoxy) is 1.